The van der Waals surface area contributed by atoms with Crippen molar-refractivity contribution >= 4 is 18.2 Å². The van der Waals surface area contributed by atoms with Gasteiger partial charge in [0.2, 0.25) is 11.8 Å². The predicted octanol–water partition coefficient (Wildman–Crippen LogP) is 4.27. The molecule has 0 unspecified atom stereocenters. The van der Waals surface area contributed by atoms with E-state index in [-0.39, 0.29) is 37.6 Å². The van der Waals surface area contributed by atoms with Crippen LogP contribution in [-0.4, -0.2) is 98.2 Å². The monoisotopic (exact) mass is 550 g/mol. The topological polar surface area (TPSA) is 131 Å². The lowest BCUT2D eigenvalue weighted by molar-refractivity contribution is -0.130. The number of ether oxygens (including phenoxy) is 2. The second-order valence-electron chi connectivity index (χ2n) is 12.3. The van der Waals surface area contributed by atoms with Crippen molar-refractivity contribution in [2.75, 3.05) is 32.8 Å². The zero-order valence-corrected chi connectivity index (χ0v) is 24.1. The number of carbonyl (C=O) groups excluding carboxylic acids is 3. The van der Waals surface area contributed by atoms with Crippen molar-refractivity contribution in [3.8, 4) is 0 Å². The number of aromatic nitrogens is 2. The SMILES string of the molecule is CCCCON1C(=O)N2C[C@@H]1CC[C@H]2c1nnc([C@H]2CN(C(=O)OC(C)(C)C)CCN2C(=O)OC(C)(C)C)o1. The van der Waals surface area contributed by atoms with Crippen LogP contribution in [-0.2, 0) is 14.3 Å². The quantitative estimate of drug-likeness (QED) is 0.476. The van der Waals surface area contributed by atoms with Gasteiger partial charge in [0.1, 0.15) is 23.3 Å². The number of urea groups is 1. The Morgan fingerprint density at radius 2 is 1.56 bits per heavy atom. The first-order valence-corrected chi connectivity index (χ1v) is 13.8. The highest BCUT2D eigenvalue weighted by Crippen LogP contribution is 2.39. The van der Waals surface area contributed by atoms with Crippen LogP contribution < -0.4 is 0 Å². The van der Waals surface area contributed by atoms with E-state index in [0.29, 0.717) is 25.5 Å². The molecule has 13 heteroatoms. The third-order valence-corrected chi connectivity index (χ3v) is 6.74. The van der Waals surface area contributed by atoms with Gasteiger partial charge in [0, 0.05) is 19.6 Å². The van der Waals surface area contributed by atoms with E-state index in [1.807, 2.05) is 0 Å². The van der Waals surface area contributed by atoms with Crippen molar-refractivity contribution in [1.29, 1.82) is 0 Å². The molecule has 4 heterocycles. The predicted molar refractivity (Wildman–Crippen MR) is 138 cm³/mol. The second kappa shape index (κ2) is 11.2. The van der Waals surface area contributed by atoms with E-state index in [1.165, 1.54) is 14.9 Å². The van der Waals surface area contributed by atoms with Gasteiger partial charge in [0.15, 0.2) is 0 Å². The molecule has 0 aliphatic carbocycles. The number of hydrogen-bond donors (Lipinski definition) is 0. The standard InChI is InChI=1S/C26H42N6O7/c1-8-9-14-36-32-17-10-11-18(31(15-17)22(32)33)20-27-28-21(37-20)19-16-29(23(34)38-25(2,3)4)12-13-30(19)24(35)39-26(5,6)7/h17-19H,8-16H2,1-7H3/t17-,18-,19+/m0/s1. The second-order valence-corrected chi connectivity index (χ2v) is 12.3. The minimum atomic E-state index is -0.734. The molecule has 0 radical (unpaired) electrons. The summed E-state index contributed by atoms with van der Waals surface area (Å²) < 4.78 is 17.3. The van der Waals surface area contributed by atoms with Crippen molar-refractivity contribution in [1.82, 2.24) is 30.0 Å². The molecule has 218 valence electrons. The van der Waals surface area contributed by atoms with E-state index in [1.54, 1.807) is 46.4 Å². The summed E-state index contributed by atoms with van der Waals surface area (Å²) in [6.07, 6.45) is 2.23. The maximum absolute atomic E-state index is 13.1. The average molecular weight is 551 g/mol. The first-order chi connectivity index (χ1) is 18.3. The van der Waals surface area contributed by atoms with Crippen molar-refractivity contribution in [3.05, 3.63) is 11.8 Å². The summed E-state index contributed by atoms with van der Waals surface area (Å²) in [7, 11) is 0. The summed E-state index contributed by atoms with van der Waals surface area (Å²) in [6.45, 7) is 14.4. The Labute approximate surface area is 229 Å². The Morgan fingerprint density at radius 1 is 0.923 bits per heavy atom. The zero-order chi connectivity index (χ0) is 28.5. The molecule has 3 aliphatic heterocycles. The van der Waals surface area contributed by atoms with Gasteiger partial charge < -0.3 is 23.7 Å². The summed E-state index contributed by atoms with van der Waals surface area (Å²) >= 11 is 0. The number of nitrogens with zero attached hydrogens (tertiary/aromatic N) is 6. The van der Waals surface area contributed by atoms with Crippen LogP contribution in [0.15, 0.2) is 4.42 Å². The Balaban J connectivity index is 1.53. The van der Waals surface area contributed by atoms with Gasteiger partial charge in [0.05, 0.1) is 19.2 Å². The lowest BCUT2D eigenvalue weighted by atomic mass is 10.0. The summed E-state index contributed by atoms with van der Waals surface area (Å²) in [6, 6.07) is -1.34. The molecule has 0 spiro atoms. The molecule has 3 fully saturated rings. The molecule has 1 aromatic rings. The fourth-order valence-corrected chi connectivity index (χ4v) is 4.90. The number of carbonyl (C=O) groups is 3. The number of rotatable bonds is 6. The van der Waals surface area contributed by atoms with Gasteiger partial charge in [-0.25, -0.2) is 14.4 Å². The largest absolute Gasteiger partial charge is 0.444 e. The third-order valence-electron chi connectivity index (χ3n) is 6.74. The molecule has 2 bridgehead atoms. The van der Waals surface area contributed by atoms with Gasteiger partial charge in [-0.1, -0.05) is 13.3 Å². The van der Waals surface area contributed by atoms with Crippen LogP contribution in [0.4, 0.5) is 14.4 Å². The summed E-state index contributed by atoms with van der Waals surface area (Å²) in [4.78, 5) is 49.5. The van der Waals surface area contributed by atoms with Crippen LogP contribution in [0.1, 0.15) is 98.0 Å². The highest BCUT2D eigenvalue weighted by molar-refractivity contribution is 5.77. The minimum Gasteiger partial charge on any atom is -0.444 e. The van der Waals surface area contributed by atoms with Crippen molar-refractivity contribution in [3.63, 3.8) is 0 Å². The number of hydrogen-bond acceptors (Lipinski definition) is 9. The number of piperidine rings is 1. The van der Waals surface area contributed by atoms with Gasteiger partial charge in [-0.3, -0.25) is 9.74 Å². The van der Waals surface area contributed by atoms with Gasteiger partial charge in [0.25, 0.3) is 0 Å². The smallest absolute Gasteiger partial charge is 0.411 e. The van der Waals surface area contributed by atoms with Crippen molar-refractivity contribution < 1.29 is 33.1 Å². The zero-order valence-electron chi connectivity index (χ0n) is 24.1. The molecule has 4 amide bonds. The third kappa shape index (κ3) is 6.74. The highest BCUT2D eigenvalue weighted by Gasteiger charge is 2.48. The maximum Gasteiger partial charge on any atom is 0.411 e. The molecule has 3 atom stereocenters. The fourth-order valence-electron chi connectivity index (χ4n) is 4.90. The Hall–Kier alpha value is -3.09. The van der Waals surface area contributed by atoms with Crippen LogP contribution in [0.25, 0.3) is 0 Å². The fraction of sp³-hybridized carbons (Fsp3) is 0.808. The normalized spacial score (nSPS) is 23.9. The van der Waals surface area contributed by atoms with Gasteiger partial charge in [-0.15, -0.1) is 10.2 Å². The van der Waals surface area contributed by atoms with Crippen LogP contribution in [0.3, 0.4) is 0 Å². The molecule has 13 nitrogen and oxygen atoms in total. The molecule has 4 rings (SSSR count). The molecule has 39 heavy (non-hydrogen) atoms. The molecule has 0 saturated carbocycles. The first-order valence-electron chi connectivity index (χ1n) is 13.8. The van der Waals surface area contributed by atoms with E-state index < -0.39 is 35.5 Å². The molecular weight excluding hydrogens is 508 g/mol. The first kappa shape index (κ1) is 28.9. The van der Waals surface area contributed by atoms with Gasteiger partial charge >= 0.3 is 18.2 Å². The van der Waals surface area contributed by atoms with E-state index in [0.717, 1.165) is 19.3 Å². The van der Waals surface area contributed by atoms with Crippen LogP contribution >= 0.6 is 0 Å². The molecule has 3 saturated heterocycles. The van der Waals surface area contributed by atoms with Crippen LogP contribution in [0, 0.1) is 0 Å². The van der Waals surface area contributed by atoms with E-state index in [9.17, 15) is 14.4 Å². The molecular formula is C26H42N6O7. The van der Waals surface area contributed by atoms with Gasteiger partial charge in [-0.05, 0) is 60.8 Å². The van der Waals surface area contributed by atoms with E-state index >= 15 is 0 Å². The maximum atomic E-state index is 13.1. The Morgan fingerprint density at radius 3 is 2.21 bits per heavy atom. The molecule has 0 N–H and O–H groups in total. The van der Waals surface area contributed by atoms with Crippen LogP contribution in [0.5, 0.6) is 0 Å². The molecule has 3 aliphatic rings. The summed E-state index contributed by atoms with van der Waals surface area (Å²) in [5.74, 6) is 0.472. The van der Waals surface area contributed by atoms with E-state index in [4.69, 9.17) is 18.7 Å². The number of unbranched alkanes of at least 4 members (excludes halogenated alkanes) is 1. The van der Waals surface area contributed by atoms with Crippen molar-refractivity contribution in [2.24, 2.45) is 0 Å². The van der Waals surface area contributed by atoms with Crippen molar-refractivity contribution in [2.45, 2.75) is 103 Å². The molecule has 0 aromatic carbocycles. The lowest BCUT2D eigenvalue weighted by Crippen LogP contribution is -2.54. The number of fused-ring (bicyclic) bond motifs is 2. The average Bonchev–Trinajstić information content (AvgIpc) is 3.41. The Kier molecular flexibility index (Phi) is 8.29. The number of piperazine rings is 1. The number of hydroxylamine groups is 2. The highest BCUT2D eigenvalue weighted by atomic mass is 16.7. The Bertz CT molecular complexity index is 1050. The number of amides is 4. The lowest BCUT2D eigenvalue weighted by Gasteiger charge is -2.40. The summed E-state index contributed by atoms with van der Waals surface area (Å²) in [5.41, 5.74) is -1.37. The minimum absolute atomic E-state index is 0.00334. The van der Waals surface area contributed by atoms with Gasteiger partial charge in [-0.2, -0.15) is 5.06 Å². The van der Waals surface area contributed by atoms with E-state index in [2.05, 4.69) is 17.1 Å². The molecule has 1 aromatic heterocycles. The summed E-state index contributed by atoms with van der Waals surface area (Å²) in [5, 5.41) is 10.0. The van der Waals surface area contributed by atoms with Crippen LogP contribution in [0.2, 0.25) is 0 Å².